The van der Waals surface area contributed by atoms with Gasteiger partial charge in [-0.25, -0.2) is 0 Å². The summed E-state index contributed by atoms with van der Waals surface area (Å²) in [5.41, 5.74) is 5.82. The van der Waals surface area contributed by atoms with Gasteiger partial charge in [-0.3, -0.25) is 9.59 Å². The Morgan fingerprint density at radius 1 is 1.12 bits per heavy atom. The van der Waals surface area contributed by atoms with E-state index in [2.05, 4.69) is 4.98 Å². The number of H-pyrrole nitrogens is 1. The van der Waals surface area contributed by atoms with Crippen LogP contribution in [0.3, 0.4) is 0 Å². The van der Waals surface area contributed by atoms with Crippen LogP contribution in [0.15, 0.2) is 36.4 Å². The highest BCUT2D eigenvalue weighted by Crippen LogP contribution is 2.40. The minimum absolute atomic E-state index is 0.0307. The molecular weight excluding hydrogens is 323 g/mol. The van der Waals surface area contributed by atoms with Crippen molar-refractivity contribution >= 4 is 11.8 Å². The number of primary amides is 1. The molecule has 8 heteroatoms. The number of halogens is 3. The second kappa shape index (κ2) is 5.70. The Labute approximate surface area is 135 Å². The van der Waals surface area contributed by atoms with Gasteiger partial charge >= 0.3 is 6.18 Å². The maximum Gasteiger partial charge on any atom is 0.397 e. The van der Waals surface area contributed by atoms with Crippen molar-refractivity contribution in [3.05, 3.63) is 58.9 Å². The van der Waals surface area contributed by atoms with E-state index in [4.69, 9.17) is 5.73 Å². The van der Waals surface area contributed by atoms with Crippen LogP contribution in [0.2, 0.25) is 0 Å². The van der Waals surface area contributed by atoms with Crippen molar-refractivity contribution < 1.29 is 22.8 Å². The van der Waals surface area contributed by atoms with Crippen LogP contribution in [0.5, 0.6) is 0 Å². The first-order valence-corrected chi connectivity index (χ1v) is 7.20. The van der Waals surface area contributed by atoms with Crippen molar-refractivity contribution in [1.29, 1.82) is 0 Å². The highest BCUT2D eigenvalue weighted by molar-refractivity contribution is 5.96. The molecule has 24 heavy (non-hydrogen) atoms. The molecule has 0 fully saturated rings. The molecule has 2 heterocycles. The Bertz CT molecular complexity index is 798. The van der Waals surface area contributed by atoms with Crippen LogP contribution in [0, 0.1) is 0 Å². The molecule has 0 spiro atoms. The maximum absolute atomic E-state index is 13.4. The van der Waals surface area contributed by atoms with E-state index in [0.29, 0.717) is 5.56 Å². The van der Waals surface area contributed by atoms with Crippen LogP contribution in [-0.4, -0.2) is 34.4 Å². The van der Waals surface area contributed by atoms with E-state index in [-0.39, 0.29) is 23.5 Å². The normalized spacial score (nSPS) is 17.5. The number of nitrogens with two attached hydrogens (primary N) is 1. The largest absolute Gasteiger partial charge is 0.397 e. The summed E-state index contributed by atoms with van der Waals surface area (Å²) in [6.45, 7) is -0.392. The van der Waals surface area contributed by atoms with E-state index < -0.39 is 30.5 Å². The first-order valence-electron chi connectivity index (χ1n) is 7.20. The predicted octanol–water partition coefficient (Wildman–Crippen LogP) is 2.42. The van der Waals surface area contributed by atoms with Gasteiger partial charge in [0.05, 0.1) is 5.92 Å². The van der Waals surface area contributed by atoms with Crippen LogP contribution in [0.25, 0.3) is 0 Å². The van der Waals surface area contributed by atoms with Gasteiger partial charge in [0.25, 0.3) is 11.8 Å². The van der Waals surface area contributed by atoms with Crippen LogP contribution in [0.1, 0.15) is 38.0 Å². The topological polar surface area (TPSA) is 79.2 Å². The zero-order valence-corrected chi connectivity index (χ0v) is 12.4. The first kappa shape index (κ1) is 16.1. The second-order valence-electron chi connectivity index (χ2n) is 5.63. The summed E-state index contributed by atoms with van der Waals surface area (Å²) in [5, 5.41) is 0. The molecule has 126 valence electrons. The zero-order chi connectivity index (χ0) is 17.5. The molecule has 1 aliphatic heterocycles. The van der Waals surface area contributed by atoms with Crippen molar-refractivity contribution in [2.24, 2.45) is 5.73 Å². The smallest absolute Gasteiger partial charge is 0.364 e. The number of rotatable bonds is 2. The van der Waals surface area contributed by atoms with Crippen LogP contribution < -0.4 is 5.73 Å². The molecule has 0 aliphatic carbocycles. The first-order chi connectivity index (χ1) is 11.3. The lowest BCUT2D eigenvalue weighted by Crippen LogP contribution is -2.43. The summed E-state index contributed by atoms with van der Waals surface area (Å²) >= 11 is 0. The van der Waals surface area contributed by atoms with E-state index in [1.165, 1.54) is 18.2 Å². The number of hydrogen-bond acceptors (Lipinski definition) is 2. The van der Waals surface area contributed by atoms with E-state index in [1.807, 2.05) is 0 Å². The Morgan fingerprint density at radius 3 is 2.42 bits per heavy atom. The quantitative estimate of drug-likeness (QED) is 0.883. The third-order valence-electron chi connectivity index (χ3n) is 4.06. The lowest BCUT2D eigenvalue weighted by molar-refractivity contribution is -0.155. The SMILES string of the molecule is NC(=O)c1ccc(C(=O)N2Cc3ccccc3C(C(F)(F)F)C2)[nH]1. The number of fused-ring (bicyclic) bond motifs is 1. The highest BCUT2D eigenvalue weighted by atomic mass is 19.4. The van der Waals surface area contributed by atoms with Crippen LogP contribution in [0.4, 0.5) is 13.2 Å². The van der Waals surface area contributed by atoms with Crippen molar-refractivity contribution in [2.45, 2.75) is 18.6 Å². The molecule has 2 aromatic rings. The van der Waals surface area contributed by atoms with Gasteiger partial charge in [0.15, 0.2) is 0 Å². The number of nitrogens with one attached hydrogen (secondary N) is 1. The standard InChI is InChI=1S/C16H14F3N3O2/c17-16(18,19)11-8-22(7-9-3-1-2-4-10(9)11)15(24)13-6-5-12(21-13)14(20)23/h1-6,11,21H,7-8H2,(H2,20,23). The third kappa shape index (κ3) is 2.86. The molecule has 2 amide bonds. The van der Waals surface area contributed by atoms with Gasteiger partial charge in [-0.15, -0.1) is 0 Å². The summed E-state index contributed by atoms with van der Waals surface area (Å²) in [7, 11) is 0. The molecule has 1 aromatic heterocycles. The maximum atomic E-state index is 13.4. The summed E-state index contributed by atoms with van der Waals surface area (Å²) in [4.78, 5) is 27.2. The molecule has 1 aromatic carbocycles. The number of carbonyl (C=O) groups is 2. The lowest BCUT2D eigenvalue weighted by atomic mass is 9.89. The number of amides is 2. The summed E-state index contributed by atoms with van der Waals surface area (Å²) in [6, 6.07) is 8.88. The molecule has 3 rings (SSSR count). The van der Waals surface area contributed by atoms with Gasteiger partial charge < -0.3 is 15.6 Å². The predicted molar refractivity (Wildman–Crippen MR) is 79.3 cm³/mol. The Hall–Kier alpha value is -2.77. The molecule has 1 atom stereocenters. The van der Waals surface area contributed by atoms with E-state index >= 15 is 0 Å². The molecular formula is C16H14F3N3O2. The number of benzene rings is 1. The molecule has 0 saturated heterocycles. The summed E-state index contributed by atoms with van der Waals surface area (Å²) in [6.07, 6.45) is -4.46. The van der Waals surface area contributed by atoms with Gasteiger partial charge in [0.2, 0.25) is 0 Å². The molecule has 3 N–H and O–H groups in total. The Morgan fingerprint density at radius 2 is 1.79 bits per heavy atom. The number of aromatic amines is 1. The number of carbonyl (C=O) groups excluding carboxylic acids is 2. The molecule has 1 unspecified atom stereocenters. The number of alkyl halides is 3. The second-order valence-corrected chi connectivity index (χ2v) is 5.63. The monoisotopic (exact) mass is 337 g/mol. The van der Waals surface area contributed by atoms with Gasteiger partial charge in [-0.05, 0) is 23.3 Å². The van der Waals surface area contributed by atoms with E-state index in [1.54, 1.807) is 18.2 Å². The minimum Gasteiger partial charge on any atom is -0.364 e. The fourth-order valence-electron chi connectivity index (χ4n) is 2.88. The number of aromatic nitrogens is 1. The van der Waals surface area contributed by atoms with Crippen molar-refractivity contribution in [3.8, 4) is 0 Å². The van der Waals surface area contributed by atoms with Crippen molar-refractivity contribution in [2.75, 3.05) is 6.54 Å². The molecule has 1 aliphatic rings. The summed E-state index contributed by atoms with van der Waals surface area (Å²) in [5.74, 6) is -3.09. The molecule has 5 nitrogen and oxygen atoms in total. The average Bonchev–Trinajstić information content (AvgIpc) is 3.02. The number of hydrogen-bond donors (Lipinski definition) is 2. The molecule has 0 saturated carbocycles. The average molecular weight is 337 g/mol. The van der Waals surface area contributed by atoms with E-state index in [9.17, 15) is 22.8 Å². The van der Waals surface area contributed by atoms with Gasteiger partial charge in [-0.2, -0.15) is 13.2 Å². The van der Waals surface area contributed by atoms with Crippen LogP contribution in [-0.2, 0) is 6.54 Å². The molecule has 0 bridgehead atoms. The molecule has 0 radical (unpaired) electrons. The fourth-order valence-corrected chi connectivity index (χ4v) is 2.88. The van der Waals surface area contributed by atoms with E-state index in [0.717, 1.165) is 4.90 Å². The Kier molecular flexibility index (Phi) is 3.82. The van der Waals surface area contributed by atoms with Crippen molar-refractivity contribution in [1.82, 2.24) is 9.88 Å². The van der Waals surface area contributed by atoms with Crippen molar-refractivity contribution in [3.63, 3.8) is 0 Å². The zero-order valence-electron chi connectivity index (χ0n) is 12.4. The van der Waals surface area contributed by atoms with Gasteiger partial charge in [0, 0.05) is 13.1 Å². The number of nitrogens with zero attached hydrogens (tertiary/aromatic N) is 1. The van der Waals surface area contributed by atoms with Crippen LogP contribution >= 0.6 is 0 Å². The fraction of sp³-hybridized carbons (Fsp3) is 0.250. The van der Waals surface area contributed by atoms with Gasteiger partial charge in [-0.1, -0.05) is 24.3 Å². The lowest BCUT2D eigenvalue weighted by Gasteiger charge is -2.35. The Balaban J connectivity index is 1.92. The summed E-state index contributed by atoms with van der Waals surface area (Å²) < 4.78 is 40.1. The van der Waals surface area contributed by atoms with Gasteiger partial charge in [0.1, 0.15) is 11.4 Å². The third-order valence-corrected chi connectivity index (χ3v) is 4.06. The minimum atomic E-state index is -4.46. The highest BCUT2D eigenvalue weighted by Gasteiger charge is 2.45.